The van der Waals surface area contributed by atoms with E-state index in [4.69, 9.17) is 23.2 Å². The van der Waals surface area contributed by atoms with Crippen LogP contribution in [0.2, 0.25) is 10.0 Å². The number of hydrogen-bond acceptors (Lipinski definition) is 2. The fourth-order valence-corrected chi connectivity index (χ4v) is 3.05. The van der Waals surface area contributed by atoms with Gasteiger partial charge in [0.2, 0.25) is 0 Å². The number of anilines is 1. The topological polar surface area (TPSA) is 15.3 Å². The van der Waals surface area contributed by atoms with E-state index in [0.29, 0.717) is 22.0 Å². The maximum absolute atomic E-state index is 6.04. The molecule has 0 saturated carbocycles. The summed E-state index contributed by atoms with van der Waals surface area (Å²) in [5, 5.41) is 4.78. The number of benzene rings is 1. The van der Waals surface area contributed by atoms with Gasteiger partial charge in [-0.05, 0) is 37.6 Å². The molecule has 0 aromatic heterocycles. The average molecular weight is 273 g/mol. The van der Waals surface area contributed by atoms with Gasteiger partial charge in [-0.2, -0.15) is 0 Å². The molecule has 2 rings (SSSR count). The second-order valence-electron chi connectivity index (χ2n) is 4.73. The van der Waals surface area contributed by atoms with Gasteiger partial charge < -0.3 is 10.2 Å². The lowest BCUT2D eigenvalue weighted by molar-refractivity contribution is 0.339. The van der Waals surface area contributed by atoms with Crippen LogP contribution in [0.5, 0.6) is 0 Å². The zero-order valence-electron chi connectivity index (χ0n) is 10.2. The summed E-state index contributed by atoms with van der Waals surface area (Å²) >= 11 is 12.1. The molecule has 1 fully saturated rings. The molecule has 17 heavy (non-hydrogen) atoms. The van der Waals surface area contributed by atoms with Crippen molar-refractivity contribution in [2.24, 2.45) is 5.92 Å². The van der Waals surface area contributed by atoms with Crippen molar-refractivity contribution in [3.05, 3.63) is 28.2 Å². The summed E-state index contributed by atoms with van der Waals surface area (Å²) in [5.41, 5.74) is 1.13. The van der Waals surface area contributed by atoms with Crippen molar-refractivity contribution in [2.45, 2.75) is 19.4 Å². The number of piperidine rings is 1. The molecular formula is C13H18Cl2N2. The maximum Gasteiger partial charge on any atom is 0.0441 e. The lowest BCUT2D eigenvalue weighted by Gasteiger charge is -2.38. The first-order valence-electron chi connectivity index (χ1n) is 5.98. The van der Waals surface area contributed by atoms with Gasteiger partial charge in [-0.1, -0.05) is 30.1 Å². The first-order valence-corrected chi connectivity index (χ1v) is 6.74. The van der Waals surface area contributed by atoms with Gasteiger partial charge >= 0.3 is 0 Å². The fraction of sp³-hybridized carbons (Fsp3) is 0.538. The monoisotopic (exact) mass is 272 g/mol. The highest BCUT2D eigenvalue weighted by atomic mass is 35.5. The molecule has 4 heteroatoms. The van der Waals surface area contributed by atoms with Gasteiger partial charge in [0.15, 0.2) is 0 Å². The molecule has 2 unspecified atom stereocenters. The van der Waals surface area contributed by atoms with Crippen LogP contribution in [-0.2, 0) is 0 Å². The minimum absolute atomic E-state index is 0.612. The first kappa shape index (κ1) is 13.0. The number of hydrogen-bond donors (Lipinski definition) is 1. The summed E-state index contributed by atoms with van der Waals surface area (Å²) < 4.78 is 0. The van der Waals surface area contributed by atoms with Gasteiger partial charge in [-0.3, -0.25) is 0 Å². The molecule has 0 radical (unpaired) electrons. The second-order valence-corrected chi connectivity index (χ2v) is 5.61. The molecule has 1 N–H and O–H groups in total. The van der Waals surface area contributed by atoms with E-state index < -0.39 is 0 Å². The van der Waals surface area contributed by atoms with E-state index in [-0.39, 0.29) is 0 Å². The summed E-state index contributed by atoms with van der Waals surface area (Å²) in [4.78, 5) is 2.36. The molecule has 1 aromatic rings. The minimum Gasteiger partial charge on any atom is -0.371 e. The van der Waals surface area contributed by atoms with E-state index in [1.165, 1.54) is 0 Å². The van der Waals surface area contributed by atoms with Crippen LogP contribution in [0, 0.1) is 5.92 Å². The fourth-order valence-electron chi connectivity index (χ4n) is 2.53. The Balaban J connectivity index is 2.13. The molecule has 1 aromatic carbocycles. The third-order valence-corrected chi connectivity index (χ3v) is 3.92. The molecule has 1 aliphatic heterocycles. The molecule has 94 valence electrons. The first-order chi connectivity index (χ1) is 8.10. The molecule has 2 nitrogen and oxygen atoms in total. The van der Waals surface area contributed by atoms with E-state index >= 15 is 0 Å². The van der Waals surface area contributed by atoms with Crippen LogP contribution >= 0.6 is 23.2 Å². The molecule has 0 aliphatic carbocycles. The van der Waals surface area contributed by atoms with Crippen LogP contribution < -0.4 is 10.2 Å². The number of rotatable bonds is 2. The van der Waals surface area contributed by atoms with Gasteiger partial charge in [0.05, 0.1) is 0 Å². The van der Waals surface area contributed by atoms with Crippen LogP contribution in [0.25, 0.3) is 0 Å². The van der Waals surface area contributed by atoms with Gasteiger partial charge in [-0.25, -0.2) is 0 Å². The largest absolute Gasteiger partial charge is 0.371 e. The van der Waals surface area contributed by atoms with Gasteiger partial charge in [0, 0.05) is 34.9 Å². The van der Waals surface area contributed by atoms with E-state index in [2.05, 4.69) is 17.1 Å². The molecule has 1 saturated heterocycles. The standard InChI is InChI=1S/C13H18Cl2N2/c1-9-8-17(4-3-13(9)16-2)12-6-10(14)5-11(15)7-12/h5-7,9,13,16H,3-4,8H2,1-2H3. The Kier molecular flexibility index (Phi) is 4.18. The predicted molar refractivity (Wildman–Crippen MR) is 75.3 cm³/mol. The van der Waals surface area contributed by atoms with Crippen molar-refractivity contribution in [1.82, 2.24) is 5.32 Å². The van der Waals surface area contributed by atoms with E-state index in [1.54, 1.807) is 6.07 Å². The molecular weight excluding hydrogens is 255 g/mol. The highest BCUT2D eigenvalue weighted by Crippen LogP contribution is 2.28. The summed E-state index contributed by atoms with van der Waals surface area (Å²) in [6, 6.07) is 6.36. The van der Waals surface area contributed by atoms with Crippen molar-refractivity contribution in [1.29, 1.82) is 0 Å². The minimum atomic E-state index is 0.612. The number of nitrogens with one attached hydrogen (secondary N) is 1. The lowest BCUT2D eigenvalue weighted by atomic mass is 9.93. The van der Waals surface area contributed by atoms with Crippen LogP contribution in [0.15, 0.2) is 18.2 Å². The molecule has 0 bridgehead atoms. The smallest absolute Gasteiger partial charge is 0.0441 e. The Labute approximate surface area is 113 Å². The Morgan fingerprint density at radius 2 is 1.88 bits per heavy atom. The van der Waals surface area contributed by atoms with Crippen LogP contribution in [0.4, 0.5) is 5.69 Å². The van der Waals surface area contributed by atoms with E-state index in [9.17, 15) is 0 Å². The molecule has 1 aliphatic rings. The van der Waals surface area contributed by atoms with Crippen LogP contribution in [0.3, 0.4) is 0 Å². The van der Waals surface area contributed by atoms with Crippen LogP contribution in [0.1, 0.15) is 13.3 Å². The second kappa shape index (κ2) is 5.47. The summed E-state index contributed by atoms with van der Waals surface area (Å²) in [6.45, 7) is 4.37. The van der Waals surface area contributed by atoms with Crippen molar-refractivity contribution >= 4 is 28.9 Å². The predicted octanol–water partition coefficient (Wildman–Crippen LogP) is 3.43. The Bertz CT molecular complexity index is 375. The lowest BCUT2D eigenvalue weighted by Crippen LogP contribution is -2.47. The molecule has 0 spiro atoms. The van der Waals surface area contributed by atoms with E-state index in [1.807, 2.05) is 19.2 Å². The Hall–Kier alpha value is -0.440. The number of nitrogens with zero attached hydrogens (tertiary/aromatic N) is 1. The summed E-state index contributed by atoms with van der Waals surface area (Å²) in [6.07, 6.45) is 1.15. The van der Waals surface area contributed by atoms with E-state index in [0.717, 1.165) is 25.2 Å². The summed E-state index contributed by atoms with van der Waals surface area (Å²) in [7, 11) is 2.03. The zero-order valence-corrected chi connectivity index (χ0v) is 11.7. The number of halogens is 2. The molecule has 2 atom stereocenters. The highest BCUT2D eigenvalue weighted by Gasteiger charge is 2.25. The third kappa shape index (κ3) is 3.06. The quantitative estimate of drug-likeness (QED) is 0.888. The van der Waals surface area contributed by atoms with Crippen molar-refractivity contribution in [3.8, 4) is 0 Å². The third-order valence-electron chi connectivity index (χ3n) is 3.49. The van der Waals surface area contributed by atoms with Gasteiger partial charge in [0.25, 0.3) is 0 Å². The van der Waals surface area contributed by atoms with Gasteiger partial charge in [0.1, 0.15) is 0 Å². The van der Waals surface area contributed by atoms with Crippen molar-refractivity contribution < 1.29 is 0 Å². The average Bonchev–Trinajstić information content (AvgIpc) is 2.27. The SMILES string of the molecule is CNC1CCN(c2cc(Cl)cc(Cl)c2)CC1C. The van der Waals surface area contributed by atoms with Crippen LogP contribution in [-0.4, -0.2) is 26.2 Å². The normalized spacial score (nSPS) is 25.1. The summed E-state index contributed by atoms with van der Waals surface area (Å²) in [5.74, 6) is 0.631. The Morgan fingerprint density at radius 3 is 2.41 bits per heavy atom. The van der Waals surface area contributed by atoms with Crippen molar-refractivity contribution in [2.75, 3.05) is 25.0 Å². The van der Waals surface area contributed by atoms with Crippen molar-refractivity contribution in [3.63, 3.8) is 0 Å². The maximum atomic E-state index is 6.04. The molecule has 1 heterocycles. The van der Waals surface area contributed by atoms with Gasteiger partial charge in [-0.15, -0.1) is 0 Å². The molecule has 0 amide bonds. The Morgan fingerprint density at radius 1 is 1.24 bits per heavy atom. The highest BCUT2D eigenvalue weighted by molar-refractivity contribution is 6.35. The zero-order chi connectivity index (χ0) is 12.4.